The van der Waals surface area contributed by atoms with Crippen LogP contribution in [0.4, 0.5) is 0 Å². The molecule has 1 aliphatic rings. The van der Waals surface area contributed by atoms with Crippen LogP contribution >= 0.6 is 0 Å². The Hall–Kier alpha value is -2.45. The Morgan fingerprint density at radius 1 is 1.00 bits per heavy atom. The summed E-state index contributed by atoms with van der Waals surface area (Å²) >= 11 is 0. The Kier molecular flexibility index (Phi) is 7.57. The number of carbonyl (C=O) groups excluding carboxylic acids is 5. The Bertz CT molecular complexity index is 724. The van der Waals surface area contributed by atoms with Crippen LogP contribution in [0.15, 0.2) is 12.2 Å². The molecule has 1 aliphatic heterocycles. The highest BCUT2D eigenvalue weighted by molar-refractivity contribution is 6.59. The second kappa shape index (κ2) is 8.92. The second-order valence-electron chi connectivity index (χ2n) is 9.05. The van der Waals surface area contributed by atoms with E-state index < -0.39 is 52.3 Å². The van der Waals surface area contributed by atoms with Gasteiger partial charge in [-0.25, -0.2) is 0 Å². The third kappa shape index (κ3) is 6.01. The standard InChI is InChI=1S/C20H30BN3O5/c1-11(2)15(17(28)22-12(3)16(21)27)23-18(29)19(4,5)10-20(6,7)24-13(25)8-9-14(24)26/h8-9,11-12,15H,10H2,1-7H3,(H,22,28)(H,23,29)/t12-,15?/m0/s1. The monoisotopic (exact) mass is 403 g/mol. The maximum Gasteiger partial charge on any atom is 0.254 e. The van der Waals surface area contributed by atoms with Gasteiger partial charge in [0.05, 0.1) is 11.7 Å². The molecule has 0 aliphatic carbocycles. The van der Waals surface area contributed by atoms with Gasteiger partial charge in [0.1, 0.15) is 6.04 Å². The van der Waals surface area contributed by atoms with Gasteiger partial charge in [-0.05, 0) is 33.1 Å². The first kappa shape index (κ1) is 24.6. The third-order valence-electron chi connectivity index (χ3n) is 4.93. The number of nitrogens with zero attached hydrogens (tertiary/aromatic N) is 1. The minimum Gasteiger partial charge on any atom is -0.346 e. The van der Waals surface area contributed by atoms with Crippen LogP contribution in [-0.2, 0) is 24.0 Å². The van der Waals surface area contributed by atoms with E-state index in [2.05, 4.69) is 10.6 Å². The van der Waals surface area contributed by atoms with E-state index in [1.807, 2.05) is 0 Å². The van der Waals surface area contributed by atoms with Crippen molar-refractivity contribution in [3.63, 3.8) is 0 Å². The van der Waals surface area contributed by atoms with Crippen LogP contribution in [0.25, 0.3) is 0 Å². The number of imide groups is 1. The fourth-order valence-corrected chi connectivity index (χ4v) is 3.48. The molecular weight excluding hydrogens is 373 g/mol. The zero-order valence-corrected chi connectivity index (χ0v) is 18.2. The smallest absolute Gasteiger partial charge is 0.254 e. The first-order valence-electron chi connectivity index (χ1n) is 9.57. The van der Waals surface area contributed by atoms with Crippen molar-refractivity contribution < 1.29 is 24.0 Å². The highest BCUT2D eigenvalue weighted by Gasteiger charge is 2.44. The van der Waals surface area contributed by atoms with Crippen LogP contribution < -0.4 is 10.6 Å². The third-order valence-corrected chi connectivity index (χ3v) is 4.93. The fourth-order valence-electron chi connectivity index (χ4n) is 3.48. The Morgan fingerprint density at radius 2 is 1.48 bits per heavy atom. The van der Waals surface area contributed by atoms with Crippen LogP contribution in [0.3, 0.4) is 0 Å². The molecule has 2 atom stereocenters. The van der Waals surface area contributed by atoms with Crippen LogP contribution in [0.2, 0.25) is 0 Å². The summed E-state index contributed by atoms with van der Waals surface area (Å²) in [5.74, 6) is -2.00. The van der Waals surface area contributed by atoms with Crippen molar-refractivity contribution in [2.24, 2.45) is 11.3 Å². The second-order valence-corrected chi connectivity index (χ2v) is 9.05. The molecule has 8 nitrogen and oxygen atoms in total. The van der Waals surface area contributed by atoms with Crippen LogP contribution in [-0.4, -0.2) is 59.7 Å². The molecule has 1 unspecified atom stereocenters. The minimum atomic E-state index is -0.991. The molecule has 0 aromatic rings. The molecular formula is C20H30BN3O5. The summed E-state index contributed by atoms with van der Waals surface area (Å²) in [6.45, 7) is 11.8. The zero-order chi connectivity index (χ0) is 22.7. The van der Waals surface area contributed by atoms with Crippen LogP contribution in [0, 0.1) is 11.3 Å². The van der Waals surface area contributed by atoms with Gasteiger partial charge in [-0.15, -0.1) is 0 Å². The summed E-state index contributed by atoms with van der Waals surface area (Å²) in [7, 11) is 5.18. The summed E-state index contributed by atoms with van der Waals surface area (Å²) in [4.78, 5) is 61.9. The average Bonchev–Trinajstić information content (AvgIpc) is 2.89. The number of hydrogen-bond donors (Lipinski definition) is 2. The molecule has 29 heavy (non-hydrogen) atoms. The topological polar surface area (TPSA) is 113 Å². The molecule has 0 aromatic carbocycles. The molecule has 1 heterocycles. The number of nitrogens with one attached hydrogen (secondary N) is 2. The Balaban J connectivity index is 2.93. The van der Waals surface area contributed by atoms with E-state index >= 15 is 0 Å². The molecule has 0 aromatic heterocycles. The summed E-state index contributed by atoms with van der Waals surface area (Å²) in [5, 5.41) is 5.22. The zero-order valence-electron chi connectivity index (χ0n) is 18.2. The molecule has 2 N–H and O–H groups in total. The molecule has 9 heteroatoms. The Morgan fingerprint density at radius 3 is 1.90 bits per heavy atom. The first-order chi connectivity index (χ1) is 13.1. The van der Waals surface area contributed by atoms with Gasteiger partial charge in [0.25, 0.3) is 11.8 Å². The summed E-state index contributed by atoms with van der Waals surface area (Å²) in [5.41, 5.74) is -2.58. The van der Waals surface area contributed by atoms with Crippen molar-refractivity contribution in [2.45, 2.75) is 72.5 Å². The van der Waals surface area contributed by atoms with Gasteiger partial charge < -0.3 is 15.4 Å². The molecule has 4 amide bonds. The Labute approximate surface area is 173 Å². The number of rotatable bonds is 9. The van der Waals surface area contributed by atoms with Crippen molar-refractivity contribution in [2.75, 3.05) is 0 Å². The van der Waals surface area contributed by atoms with Crippen LogP contribution in [0.5, 0.6) is 0 Å². The van der Waals surface area contributed by atoms with E-state index in [9.17, 15) is 24.0 Å². The predicted molar refractivity (Wildman–Crippen MR) is 109 cm³/mol. The molecule has 1 rings (SSSR count). The SMILES string of the molecule is [B]C(=O)[C@H](C)NC(=O)C(NC(=O)C(C)(C)CC(C)(C)N1C(=O)C=CC1=O)C(C)C. The average molecular weight is 403 g/mol. The molecule has 0 saturated carbocycles. The lowest BCUT2D eigenvalue weighted by Crippen LogP contribution is -2.57. The number of carbonyl (C=O) groups is 5. The maximum absolute atomic E-state index is 13.0. The number of hydrogen-bond acceptors (Lipinski definition) is 5. The van der Waals surface area contributed by atoms with Gasteiger partial charge in [0.15, 0.2) is 7.85 Å². The lowest BCUT2D eigenvalue weighted by molar-refractivity contribution is -0.146. The lowest BCUT2D eigenvalue weighted by atomic mass is 9.78. The summed E-state index contributed by atoms with van der Waals surface area (Å²) in [6, 6.07) is -1.74. The molecule has 158 valence electrons. The molecule has 0 fully saturated rings. The van der Waals surface area contributed by atoms with E-state index in [-0.39, 0.29) is 12.3 Å². The lowest BCUT2D eigenvalue weighted by Gasteiger charge is -2.40. The van der Waals surface area contributed by atoms with E-state index in [1.54, 1.807) is 41.5 Å². The number of amides is 4. The molecule has 0 saturated heterocycles. The van der Waals surface area contributed by atoms with Crippen molar-refractivity contribution in [3.05, 3.63) is 12.2 Å². The van der Waals surface area contributed by atoms with Crippen molar-refractivity contribution >= 4 is 37.2 Å². The normalized spacial score (nSPS) is 16.8. The van der Waals surface area contributed by atoms with Gasteiger partial charge in [0, 0.05) is 23.1 Å². The van der Waals surface area contributed by atoms with Gasteiger partial charge in [-0.1, -0.05) is 27.7 Å². The summed E-state index contributed by atoms with van der Waals surface area (Å²) in [6.07, 6.45) is 2.60. The quantitative estimate of drug-likeness (QED) is 0.429. The van der Waals surface area contributed by atoms with Gasteiger partial charge in [-0.2, -0.15) is 0 Å². The van der Waals surface area contributed by atoms with E-state index in [0.717, 1.165) is 4.90 Å². The maximum atomic E-state index is 13.0. The molecule has 2 radical (unpaired) electrons. The molecule has 0 bridgehead atoms. The first-order valence-corrected chi connectivity index (χ1v) is 9.57. The summed E-state index contributed by atoms with van der Waals surface area (Å²) < 4.78 is 0. The van der Waals surface area contributed by atoms with Crippen LogP contribution in [0.1, 0.15) is 54.9 Å². The molecule has 0 spiro atoms. The minimum absolute atomic E-state index is 0.190. The van der Waals surface area contributed by atoms with E-state index in [0.29, 0.717) is 0 Å². The predicted octanol–water partition coefficient (Wildman–Crippen LogP) is 0.447. The van der Waals surface area contributed by atoms with Gasteiger partial charge >= 0.3 is 0 Å². The highest BCUT2D eigenvalue weighted by atomic mass is 16.2. The van der Waals surface area contributed by atoms with E-state index in [1.165, 1.54) is 19.1 Å². The van der Waals surface area contributed by atoms with Gasteiger partial charge in [-0.3, -0.25) is 24.1 Å². The fraction of sp³-hybridized carbons (Fsp3) is 0.650. The van der Waals surface area contributed by atoms with Gasteiger partial charge in [0.2, 0.25) is 11.8 Å². The van der Waals surface area contributed by atoms with Crippen molar-refractivity contribution in [1.82, 2.24) is 15.5 Å². The van der Waals surface area contributed by atoms with E-state index in [4.69, 9.17) is 7.85 Å². The van der Waals surface area contributed by atoms with Crippen molar-refractivity contribution in [1.29, 1.82) is 0 Å². The largest absolute Gasteiger partial charge is 0.346 e. The van der Waals surface area contributed by atoms with Crippen molar-refractivity contribution in [3.8, 4) is 0 Å². The highest BCUT2D eigenvalue weighted by Crippen LogP contribution is 2.34.